The normalized spacial score (nSPS) is 11.2. The molecule has 0 saturated carbocycles. The predicted molar refractivity (Wildman–Crippen MR) is 150 cm³/mol. The summed E-state index contributed by atoms with van der Waals surface area (Å²) in [6.07, 6.45) is 0. The standard InChI is InChI=1S/C30H24N6O2/c31-21-1-5-23(6-2-21)33-35-25-9-13-27(14-10-25)37-29-17-19-30(20-18-29)38-28-15-11-26(12-16-28)36-34-24-7-3-22(32)4-8-24/h1-20H,31-32H2/b35-33+,36-34+. The van der Waals surface area contributed by atoms with Gasteiger partial charge in [-0.1, -0.05) is 0 Å². The van der Waals surface area contributed by atoms with Crippen molar-refractivity contribution < 1.29 is 9.47 Å². The summed E-state index contributed by atoms with van der Waals surface area (Å²) >= 11 is 0. The van der Waals surface area contributed by atoms with Crippen molar-refractivity contribution >= 4 is 34.1 Å². The van der Waals surface area contributed by atoms with E-state index in [1.54, 1.807) is 24.3 Å². The zero-order valence-electron chi connectivity index (χ0n) is 20.3. The molecule has 0 unspecified atom stereocenters. The van der Waals surface area contributed by atoms with Gasteiger partial charge in [-0.2, -0.15) is 20.5 Å². The molecule has 5 aromatic carbocycles. The Kier molecular flexibility index (Phi) is 7.32. The Morgan fingerprint density at radius 1 is 0.316 bits per heavy atom. The molecule has 0 bridgehead atoms. The minimum atomic E-state index is 0.687. The summed E-state index contributed by atoms with van der Waals surface area (Å²) in [5, 5.41) is 16.9. The molecule has 0 aliphatic rings. The van der Waals surface area contributed by atoms with E-state index in [2.05, 4.69) is 20.5 Å². The maximum atomic E-state index is 5.93. The fourth-order valence-electron chi connectivity index (χ4n) is 3.32. The topological polar surface area (TPSA) is 120 Å². The highest BCUT2D eigenvalue weighted by molar-refractivity contribution is 5.50. The molecule has 0 heterocycles. The second-order valence-corrected chi connectivity index (χ2v) is 8.25. The Morgan fingerprint density at radius 3 is 0.789 bits per heavy atom. The number of benzene rings is 5. The molecule has 5 rings (SSSR count). The van der Waals surface area contributed by atoms with Crippen LogP contribution in [0.1, 0.15) is 0 Å². The molecule has 0 radical (unpaired) electrons. The number of hydrogen-bond donors (Lipinski definition) is 2. The molecule has 5 aromatic rings. The van der Waals surface area contributed by atoms with Crippen molar-refractivity contribution in [3.63, 3.8) is 0 Å². The van der Waals surface area contributed by atoms with E-state index in [1.807, 2.05) is 97.1 Å². The van der Waals surface area contributed by atoms with Gasteiger partial charge in [0.05, 0.1) is 22.7 Å². The largest absolute Gasteiger partial charge is 0.457 e. The second-order valence-electron chi connectivity index (χ2n) is 8.25. The molecule has 0 atom stereocenters. The molecular weight excluding hydrogens is 476 g/mol. The molecule has 0 aliphatic carbocycles. The minimum Gasteiger partial charge on any atom is -0.457 e. The highest BCUT2D eigenvalue weighted by Crippen LogP contribution is 2.29. The lowest BCUT2D eigenvalue weighted by Crippen LogP contribution is -1.86. The summed E-state index contributed by atoms with van der Waals surface area (Å²) in [6.45, 7) is 0. The van der Waals surface area contributed by atoms with Crippen molar-refractivity contribution in [2.24, 2.45) is 20.5 Å². The van der Waals surface area contributed by atoms with Crippen LogP contribution >= 0.6 is 0 Å². The first-order valence-electron chi connectivity index (χ1n) is 11.8. The quantitative estimate of drug-likeness (QED) is 0.163. The lowest BCUT2D eigenvalue weighted by atomic mass is 10.3. The number of hydrogen-bond acceptors (Lipinski definition) is 8. The van der Waals surface area contributed by atoms with E-state index >= 15 is 0 Å². The van der Waals surface area contributed by atoms with E-state index in [4.69, 9.17) is 20.9 Å². The van der Waals surface area contributed by atoms with Crippen LogP contribution in [0.2, 0.25) is 0 Å². The van der Waals surface area contributed by atoms with Crippen LogP contribution in [0.3, 0.4) is 0 Å². The maximum absolute atomic E-state index is 5.93. The van der Waals surface area contributed by atoms with Gasteiger partial charge in [-0.15, -0.1) is 0 Å². The van der Waals surface area contributed by atoms with E-state index in [0.717, 1.165) is 22.7 Å². The van der Waals surface area contributed by atoms with Gasteiger partial charge in [-0.05, 0) is 121 Å². The SMILES string of the molecule is Nc1ccc(/N=N/c2ccc(Oc3ccc(Oc4ccc(/N=N/c5ccc(N)cc5)cc4)cc3)cc2)cc1. The van der Waals surface area contributed by atoms with Crippen molar-refractivity contribution in [1.29, 1.82) is 0 Å². The fraction of sp³-hybridized carbons (Fsp3) is 0. The van der Waals surface area contributed by atoms with E-state index in [9.17, 15) is 0 Å². The van der Waals surface area contributed by atoms with Crippen LogP contribution in [0.25, 0.3) is 0 Å². The molecule has 186 valence electrons. The van der Waals surface area contributed by atoms with Gasteiger partial charge in [0.15, 0.2) is 0 Å². The Bertz CT molecular complexity index is 1410. The van der Waals surface area contributed by atoms with Crippen LogP contribution in [-0.4, -0.2) is 0 Å². The van der Waals surface area contributed by atoms with Crippen LogP contribution < -0.4 is 20.9 Å². The van der Waals surface area contributed by atoms with Gasteiger partial charge in [0.2, 0.25) is 0 Å². The van der Waals surface area contributed by atoms with Crippen molar-refractivity contribution in [2.75, 3.05) is 11.5 Å². The van der Waals surface area contributed by atoms with E-state index in [1.165, 1.54) is 0 Å². The van der Waals surface area contributed by atoms with Crippen LogP contribution in [0.5, 0.6) is 23.0 Å². The first kappa shape index (κ1) is 24.2. The predicted octanol–water partition coefficient (Wildman–Crippen LogP) is 9.27. The van der Waals surface area contributed by atoms with Crippen LogP contribution in [0, 0.1) is 0 Å². The molecule has 0 spiro atoms. The van der Waals surface area contributed by atoms with E-state index in [0.29, 0.717) is 34.4 Å². The molecule has 38 heavy (non-hydrogen) atoms. The molecule has 0 aromatic heterocycles. The third kappa shape index (κ3) is 6.79. The number of azo groups is 2. The summed E-state index contributed by atoms with van der Waals surface area (Å²) < 4.78 is 11.9. The summed E-state index contributed by atoms with van der Waals surface area (Å²) in [5.41, 5.74) is 15.7. The average molecular weight is 501 g/mol. The van der Waals surface area contributed by atoms with Crippen molar-refractivity contribution in [1.82, 2.24) is 0 Å². The summed E-state index contributed by atoms with van der Waals surface area (Å²) in [4.78, 5) is 0. The molecule has 0 saturated heterocycles. The lowest BCUT2D eigenvalue weighted by molar-refractivity contribution is 0.469. The average Bonchev–Trinajstić information content (AvgIpc) is 2.95. The van der Waals surface area contributed by atoms with Crippen LogP contribution in [0.15, 0.2) is 142 Å². The summed E-state index contributed by atoms with van der Waals surface area (Å²) in [6, 6.07) is 36.5. The number of anilines is 2. The van der Waals surface area contributed by atoms with Crippen molar-refractivity contribution in [2.45, 2.75) is 0 Å². The second kappa shape index (κ2) is 11.5. The zero-order chi connectivity index (χ0) is 26.2. The summed E-state index contributed by atoms with van der Waals surface area (Å²) in [5.74, 6) is 2.75. The van der Waals surface area contributed by atoms with Crippen molar-refractivity contribution in [3.05, 3.63) is 121 Å². The van der Waals surface area contributed by atoms with Crippen LogP contribution in [0.4, 0.5) is 34.1 Å². The first-order chi connectivity index (χ1) is 18.6. The van der Waals surface area contributed by atoms with Gasteiger partial charge in [0.25, 0.3) is 0 Å². The van der Waals surface area contributed by atoms with Gasteiger partial charge >= 0.3 is 0 Å². The van der Waals surface area contributed by atoms with E-state index < -0.39 is 0 Å². The number of nitrogens with zero attached hydrogens (tertiary/aromatic N) is 4. The third-order valence-electron chi connectivity index (χ3n) is 5.32. The Balaban J connectivity index is 1.14. The monoisotopic (exact) mass is 500 g/mol. The highest BCUT2D eigenvalue weighted by atomic mass is 16.5. The smallest absolute Gasteiger partial charge is 0.127 e. The number of nitrogen functional groups attached to an aromatic ring is 2. The van der Waals surface area contributed by atoms with Gasteiger partial charge in [-0.25, -0.2) is 0 Å². The number of nitrogens with two attached hydrogens (primary N) is 2. The number of rotatable bonds is 8. The Labute approximate surface area is 219 Å². The van der Waals surface area contributed by atoms with Crippen LogP contribution in [-0.2, 0) is 0 Å². The van der Waals surface area contributed by atoms with Gasteiger partial charge < -0.3 is 20.9 Å². The Morgan fingerprint density at radius 2 is 0.526 bits per heavy atom. The molecule has 4 N–H and O–H groups in total. The molecule has 8 heteroatoms. The Hall–Kier alpha value is -5.50. The first-order valence-corrected chi connectivity index (χ1v) is 11.8. The maximum Gasteiger partial charge on any atom is 0.127 e. The number of ether oxygens (including phenoxy) is 2. The van der Waals surface area contributed by atoms with Gasteiger partial charge in [-0.3, -0.25) is 0 Å². The molecule has 8 nitrogen and oxygen atoms in total. The fourth-order valence-corrected chi connectivity index (χ4v) is 3.32. The van der Waals surface area contributed by atoms with Gasteiger partial charge in [0, 0.05) is 11.4 Å². The van der Waals surface area contributed by atoms with Crippen molar-refractivity contribution in [3.8, 4) is 23.0 Å². The molecule has 0 amide bonds. The highest BCUT2D eigenvalue weighted by Gasteiger charge is 2.02. The zero-order valence-corrected chi connectivity index (χ0v) is 20.3. The van der Waals surface area contributed by atoms with Gasteiger partial charge in [0.1, 0.15) is 23.0 Å². The lowest BCUT2D eigenvalue weighted by Gasteiger charge is -2.08. The van der Waals surface area contributed by atoms with E-state index in [-0.39, 0.29) is 0 Å². The molecular formula is C30H24N6O2. The minimum absolute atomic E-state index is 0.687. The molecule has 0 aliphatic heterocycles. The summed E-state index contributed by atoms with van der Waals surface area (Å²) in [7, 11) is 0. The molecule has 0 fully saturated rings. The third-order valence-corrected chi connectivity index (χ3v) is 5.32.